The quantitative estimate of drug-likeness (QED) is 0.856. The van der Waals surface area contributed by atoms with Crippen LogP contribution in [-0.2, 0) is 16.7 Å². The summed E-state index contributed by atoms with van der Waals surface area (Å²) in [4.78, 5) is 6.19. The molecule has 0 saturated heterocycles. The molecule has 0 radical (unpaired) electrons. The van der Waals surface area contributed by atoms with Gasteiger partial charge in [0.2, 0.25) is 0 Å². The van der Waals surface area contributed by atoms with Gasteiger partial charge in [-0.2, -0.15) is 0 Å². The summed E-state index contributed by atoms with van der Waals surface area (Å²) in [6.07, 6.45) is 5.99. The second kappa shape index (κ2) is 4.83. The van der Waals surface area contributed by atoms with Crippen LogP contribution < -0.4 is 5.73 Å². The zero-order valence-corrected chi connectivity index (χ0v) is 12.9. The minimum absolute atomic E-state index is 0.177. The highest BCUT2D eigenvalue weighted by molar-refractivity contribution is 7.12. The summed E-state index contributed by atoms with van der Waals surface area (Å²) in [7, 11) is 0. The third kappa shape index (κ3) is 2.46. The maximum Gasteiger partial charge on any atom is 0.113 e. The number of nitrogens with two attached hydrogens (primary N) is 1. The molecule has 1 saturated carbocycles. The van der Waals surface area contributed by atoms with E-state index in [1.165, 1.54) is 23.4 Å². The highest BCUT2D eigenvalue weighted by Gasteiger charge is 2.37. The first-order chi connectivity index (χ1) is 8.98. The first-order valence-electron chi connectivity index (χ1n) is 7.42. The molecule has 2 heterocycles. The molecule has 2 unspecified atom stereocenters. The zero-order valence-electron chi connectivity index (χ0n) is 12.1. The minimum atomic E-state index is -0.183. The van der Waals surface area contributed by atoms with Crippen molar-refractivity contribution < 1.29 is 4.74 Å². The number of aromatic nitrogens is 1. The first-order valence-corrected chi connectivity index (χ1v) is 8.24. The van der Waals surface area contributed by atoms with E-state index in [4.69, 9.17) is 15.5 Å². The van der Waals surface area contributed by atoms with Crippen LogP contribution in [0, 0.1) is 5.92 Å². The molecule has 2 aliphatic rings. The fourth-order valence-corrected chi connectivity index (χ4v) is 4.50. The number of rotatable bonds is 1. The summed E-state index contributed by atoms with van der Waals surface area (Å²) in [6.45, 7) is 6.58. The van der Waals surface area contributed by atoms with Crippen molar-refractivity contribution in [3.8, 4) is 0 Å². The van der Waals surface area contributed by atoms with E-state index < -0.39 is 0 Å². The van der Waals surface area contributed by atoms with E-state index in [2.05, 4.69) is 20.8 Å². The normalized spacial score (nSPS) is 39.1. The lowest BCUT2D eigenvalue weighted by Crippen LogP contribution is -2.40. The van der Waals surface area contributed by atoms with Gasteiger partial charge in [0.05, 0.1) is 28.3 Å². The van der Waals surface area contributed by atoms with E-state index in [1.807, 2.05) is 0 Å². The lowest BCUT2D eigenvalue weighted by molar-refractivity contribution is -0.00320. The molecule has 0 bridgehead atoms. The summed E-state index contributed by atoms with van der Waals surface area (Å²) in [5.41, 5.74) is 7.69. The molecule has 3 nitrogen and oxygen atoms in total. The average molecular weight is 280 g/mol. The van der Waals surface area contributed by atoms with Crippen LogP contribution in [0.25, 0.3) is 0 Å². The Kier molecular flexibility index (Phi) is 3.44. The Bertz CT molecular complexity index is 463. The van der Waals surface area contributed by atoms with Crippen molar-refractivity contribution in [1.29, 1.82) is 0 Å². The van der Waals surface area contributed by atoms with Crippen LogP contribution in [0.3, 0.4) is 0 Å². The Labute approximate surface area is 119 Å². The molecule has 1 aromatic rings. The zero-order chi connectivity index (χ0) is 13.6. The van der Waals surface area contributed by atoms with Gasteiger partial charge >= 0.3 is 0 Å². The van der Waals surface area contributed by atoms with Gasteiger partial charge in [0.1, 0.15) is 5.01 Å². The van der Waals surface area contributed by atoms with E-state index in [-0.39, 0.29) is 17.7 Å². The molecule has 2 N–H and O–H groups in total. The highest BCUT2D eigenvalue weighted by atomic mass is 32.1. The molecule has 1 aliphatic carbocycles. The Morgan fingerprint density at radius 2 is 1.95 bits per heavy atom. The largest absolute Gasteiger partial charge is 0.370 e. The Morgan fingerprint density at radius 1 is 1.26 bits per heavy atom. The lowest BCUT2D eigenvalue weighted by atomic mass is 9.78. The fourth-order valence-electron chi connectivity index (χ4n) is 3.26. The van der Waals surface area contributed by atoms with Gasteiger partial charge in [-0.15, -0.1) is 11.3 Å². The molecule has 1 aliphatic heterocycles. The second-order valence-corrected chi connectivity index (χ2v) is 7.49. The minimum Gasteiger partial charge on any atom is -0.370 e. The van der Waals surface area contributed by atoms with Crippen LogP contribution in [0.15, 0.2) is 0 Å². The van der Waals surface area contributed by atoms with Crippen molar-refractivity contribution in [2.24, 2.45) is 11.7 Å². The Morgan fingerprint density at radius 3 is 2.63 bits per heavy atom. The molecule has 106 valence electrons. The summed E-state index contributed by atoms with van der Waals surface area (Å²) in [5, 5.41) is 1.15. The highest BCUT2D eigenvalue weighted by Crippen LogP contribution is 2.42. The van der Waals surface area contributed by atoms with Gasteiger partial charge in [-0.25, -0.2) is 4.98 Å². The monoisotopic (exact) mass is 280 g/mol. The molecule has 1 aromatic heterocycles. The molecule has 0 amide bonds. The molecule has 0 spiro atoms. The fraction of sp³-hybridized carbons (Fsp3) is 0.800. The van der Waals surface area contributed by atoms with E-state index >= 15 is 0 Å². The topological polar surface area (TPSA) is 48.1 Å². The third-order valence-electron chi connectivity index (χ3n) is 4.61. The summed E-state index contributed by atoms with van der Waals surface area (Å²) in [6, 6.07) is 0. The average Bonchev–Trinajstić information content (AvgIpc) is 2.78. The smallest absolute Gasteiger partial charge is 0.113 e. The molecule has 0 aromatic carbocycles. The number of hydrogen-bond acceptors (Lipinski definition) is 4. The molecule has 2 atom stereocenters. The number of thiazole rings is 1. The van der Waals surface area contributed by atoms with Gasteiger partial charge in [0.25, 0.3) is 0 Å². The predicted molar refractivity (Wildman–Crippen MR) is 78.3 cm³/mol. The summed E-state index contributed by atoms with van der Waals surface area (Å²) < 4.78 is 5.89. The van der Waals surface area contributed by atoms with Crippen LogP contribution in [0.1, 0.15) is 68.1 Å². The van der Waals surface area contributed by atoms with E-state index in [9.17, 15) is 0 Å². The van der Waals surface area contributed by atoms with Gasteiger partial charge in [0, 0.05) is 6.42 Å². The number of ether oxygens (including phenoxy) is 1. The van der Waals surface area contributed by atoms with Gasteiger partial charge in [-0.1, -0.05) is 6.92 Å². The van der Waals surface area contributed by atoms with Crippen LogP contribution in [0.5, 0.6) is 0 Å². The molecule has 1 fully saturated rings. The van der Waals surface area contributed by atoms with Gasteiger partial charge in [-0.3, -0.25) is 0 Å². The van der Waals surface area contributed by atoms with E-state index in [1.54, 1.807) is 11.3 Å². The predicted octanol–water partition coefficient (Wildman–Crippen LogP) is 3.53. The van der Waals surface area contributed by atoms with Crippen molar-refractivity contribution in [2.75, 3.05) is 0 Å². The first kappa shape index (κ1) is 13.5. The van der Waals surface area contributed by atoms with Gasteiger partial charge < -0.3 is 10.5 Å². The van der Waals surface area contributed by atoms with Crippen LogP contribution >= 0.6 is 11.3 Å². The van der Waals surface area contributed by atoms with Gasteiger partial charge in [-0.05, 0) is 45.4 Å². The lowest BCUT2D eigenvalue weighted by Gasteiger charge is -2.34. The van der Waals surface area contributed by atoms with Crippen LogP contribution in [0.2, 0.25) is 0 Å². The van der Waals surface area contributed by atoms with E-state index in [0.29, 0.717) is 0 Å². The number of hydrogen-bond donors (Lipinski definition) is 1. The van der Waals surface area contributed by atoms with Crippen LogP contribution in [-0.4, -0.2) is 11.1 Å². The van der Waals surface area contributed by atoms with Crippen molar-refractivity contribution in [3.05, 3.63) is 15.6 Å². The molecule has 3 rings (SSSR count). The standard InChI is InChI=1S/C15H24N2OS/c1-9-4-6-15(16,7-5-9)14-17-12-8-10(2)18-11(3)13(12)19-14/h9-11H,4-8,16H2,1-3H3. The third-order valence-corrected chi connectivity index (χ3v) is 6.09. The SMILES string of the molecule is CC1CCC(N)(c2nc3c(s2)C(C)OC(C)C3)CC1. The number of fused-ring (bicyclic) bond motifs is 1. The molecule has 19 heavy (non-hydrogen) atoms. The summed E-state index contributed by atoms with van der Waals surface area (Å²) in [5.74, 6) is 0.813. The second-order valence-electron chi connectivity index (χ2n) is 6.46. The Balaban J connectivity index is 1.88. The maximum absolute atomic E-state index is 6.64. The summed E-state index contributed by atoms with van der Waals surface area (Å²) >= 11 is 1.79. The molecule has 4 heteroatoms. The van der Waals surface area contributed by atoms with Gasteiger partial charge in [0.15, 0.2) is 0 Å². The molecular formula is C15H24N2OS. The van der Waals surface area contributed by atoms with Crippen molar-refractivity contribution >= 4 is 11.3 Å². The van der Waals surface area contributed by atoms with Crippen molar-refractivity contribution in [2.45, 2.75) is 70.6 Å². The molecular weight excluding hydrogens is 256 g/mol. The van der Waals surface area contributed by atoms with Crippen molar-refractivity contribution in [1.82, 2.24) is 4.98 Å². The van der Waals surface area contributed by atoms with E-state index in [0.717, 1.165) is 30.2 Å². The maximum atomic E-state index is 6.64. The Hall–Kier alpha value is -0.450. The number of nitrogens with zero attached hydrogens (tertiary/aromatic N) is 1. The van der Waals surface area contributed by atoms with Crippen LogP contribution in [0.4, 0.5) is 0 Å². The van der Waals surface area contributed by atoms with Crippen molar-refractivity contribution in [3.63, 3.8) is 0 Å².